The molecule has 4 nitrogen and oxygen atoms in total. The number of hydrogen-bond donors (Lipinski definition) is 2. The lowest BCUT2D eigenvalue weighted by Gasteiger charge is -2.34. The maximum absolute atomic E-state index is 13.1. The van der Waals surface area contributed by atoms with Gasteiger partial charge >= 0.3 is 0 Å². The summed E-state index contributed by atoms with van der Waals surface area (Å²) in [5.41, 5.74) is 3.19. The summed E-state index contributed by atoms with van der Waals surface area (Å²) in [7, 11) is 0. The van der Waals surface area contributed by atoms with Crippen molar-refractivity contribution in [3.05, 3.63) is 71.4 Å². The van der Waals surface area contributed by atoms with Gasteiger partial charge < -0.3 is 10.4 Å². The van der Waals surface area contributed by atoms with Crippen molar-refractivity contribution in [1.82, 2.24) is 4.98 Å². The molecule has 1 atom stereocenters. The number of aliphatic hydroxyl groups excluding tert-OH is 1. The Kier molecular flexibility index (Phi) is 7.21. The van der Waals surface area contributed by atoms with E-state index in [1.165, 1.54) is 10.9 Å². The van der Waals surface area contributed by atoms with Gasteiger partial charge in [-0.05, 0) is 92.3 Å². The van der Waals surface area contributed by atoms with Crippen LogP contribution in [0.5, 0.6) is 0 Å². The third-order valence-corrected chi connectivity index (χ3v) is 6.84. The molecule has 31 heavy (non-hydrogen) atoms. The lowest BCUT2D eigenvalue weighted by molar-refractivity contribution is -0.122. The second kappa shape index (κ2) is 10.3. The number of pyridine rings is 1. The van der Waals surface area contributed by atoms with Crippen molar-refractivity contribution in [2.45, 2.75) is 44.4 Å². The van der Waals surface area contributed by atoms with Crippen molar-refractivity contribution in [1.29, 1.82) is 0 Å². The van der Waals surface area contributed by atoms with Gasteiger partial charge in [0.15, 0.2) is 0 Å². The lowest BCUT2D eigenvalue weighted by Crippen LogP contribution is -2.32. The third-order valence-electron chi connectivity index (χ3n) is 6.59. The number of nitrogens with zero attached hydrogens (tertiary/aromatic N) is 1. The van der Waals surface area contributed by atoms with Gasteiger partial charge in [-0.2, -0.15) is 0 Å². The molecule has 1 fully saturated rings. The van der Waals surface area contributed by atoms with Gasteiger partial charge in [0.1, 0.15) is 0 Å². The molecule has 1 amide bonds. The summed E-state index contributed by atoms with van der Waals surface area (Å²) in [6.07, 6.45) is 7.45. The summed E-state index contributed by atoms with van der Waals surface area (Å²) in [6.45, 7) is 0.114. The molecule has 4 rings (SSSR count). The van der Waals surface area contributed by atoms with Crippen molar-refractivity contribution in [3.63, 3.8) is 0 Å². The second-order valence-electron chi connectivity index (χ2n) is 8.50. The fourth-order valence-electron chi connectivity index (χ4n) is 4.97. The summed E-state index contributed by atoms with van der Waals surface area (Å²) in [5.74, 6) is 0.803. The van der Waals surface area contributed by atoms with Crippen LogP contribution in [0.4, 0.5) is 5.69 Å². The van der Waals surface area contributed by atoms with E-state index >= 15 is 0 Å². The summed E-state index contributed by atoms with van der Waals surface area (Å²) >= 11 is 5.96. The zero-order chi connectivity index (χ0) is 21.6. The highest BCUT2D eigenvalue weighted by Crippen LogP contribution is 2.42. The van der Waals surface area contributed by atoms with E-state index < -0.39 is 0 Å². The number of anilines is 1. The minimum absolute atomic E-state index is 0.0496. The van der Waals surface area contributed by atoms with Gasteiger partial charge in [-0.3, -0.25) is 9.78 Å². The first-order valence-corrected chi connectivity index (χ1v) is 11.5. The van der Waals surface area contributed by atoms with Gasteiger partial charge in [0.25, 0.3) is 0 Å². The Hall–Kier alpha value is -2.43. The number of aromatic nitrogens is 1. The Labute approximate surface area is 188 Å². The predicted octanol–water partition coefficient (Wildman–Crippen LogP) is 6.19. The van der Waals surface area contributed by atoms with Gasteiger partial charge in [0.2, 0.25) is 5.91 Å². The largest absolute Gasteiger partial charge is 0.396 e. The molecule has 1 heterocycles. The molecule has 0 spiro atoms. The number of carbonyl (C=O) groups excluding carboxylic acids is 1. The van der Waals surface area contributed by atoms with Crippen molar-refractivity contribution in [3.8, 4) is 0 Å². The maximum Gasteiger partial charge on any atom is 0.227 e. The van der Waals surface area contributed by atoms with Gasteiger partial charge in [-0.1, -0.05) is 29.8 Å². The Morgan fingerprint density at radius 1 is 1.06 bits per heavy atom. The summed E-state index contributed by atoms with van der Waals surface area (Å²) in [5, 5.41) is 14.3. The number of benzene rings is 2. The Balaban J connectivity index is 1.44. The lowest BCUT2D eigenvalue weighted by atomic mass is 9.72. The van der Waals surface area contributed by atoms with Crippen molar-refractivity contribution in [2.24, 2.45) is 11.8 Å². The van der Waals surface area contributed by atoms with Crippen LogP contribution in [-0.4, -0.2) is 22.6 Å². The average Bonchev–Trinajstić information content (AvgIpc) is 2.81. The second-order valence-corrected chi connectivity index (χ2v) is 8.93. The highest BCUT2D eigenvalue weighted by molar-refractivity contribution is 6.30. The van der Waals surface area contributed by atoms with E-state index in [-0.39, 0.29) is 18.4 Å². The minimum Gasteiger partial charge on any atom is -0.396 e. The number of amides is 1. The molecule has 0 bridgehead atoms. The molecule has 1 aliphatic rings. The van der Waals surface area contributed by atoms with Crippen LogP contribution in [-0.2, 0) is 4.79 Å². The van der Waals surface area contributed by atoms with Crippen molar-refractivity contribution < 1.29 is 9.90 Å². The van der Waals surface area contributed by atoms with Crippen molar-refractivity contribution >= 4 is 34.1 Å². The summed E-state index contributed by atoms with van der Waals surface area (Å²) < 4.78 is 0. The Morgan fingerprint density at radius 2 is 1.81 bits per heavy atom. The summed E-state index contributed by atoms with van der Waals surface area (Å²) in [6, 6.07) is 17.7. The summed E-state index contributed by atoms with van der Waals surface area (Å²) in [4.78, 5) is 17.6. The zero-order valence-electron chi connectivity index (χ0n) is 17.6. The molecule has 1 aliphatic carbocycles. The number of nitrogens with one attached hydrogen (secondary N) is 1. The molecule has 162 valence electrons. The van der Waals surface area contributed by atoms with E-state index in [2.05, 4.69) is 34.6 Å². The van der Waals surface area contributed by atoms with Crippen LogP contribution < -0.4 is 5.32 Å². The number of para-hydroxylation sites is 1. The standard InChI is InChI=1S/C26H29ClN2O2/c27-20-11-13-21(14-12-20)29-26(31)23(5-3-17-30)19-9-7-18(8-10-19)22-15-16-28-25-6-2-1-4-24(22)25/h1-2,4,6,11-16,18-19,23,30H,3,5,7-10,17H2,(H,29,31)/t18-,19+,23?. The average molecular weight is 437 g/mol. The maximum atomic E-state index is 13.1. The monoisotopic (exact) mass is 436 g/mol. The quantitative estimate of drug-likeness (QED) is 0.464. The van der Waals surface area contributed by atoms with Gasteiger partial charge in [-0.25, -0.2) is 0 Å². The van der Waals surface area contributed by atoms with Crippen LogP contribution in [0.3, 0.4) is 0 Å². The Morgan fingerprint density at radius 3 is 2.55 bits per heavy atom. The number of halogens is 1. The normalized spacial score (nSPS) is 19.8. The van der Waals surface area contributed by atoms with E-state index in [1.807, 2.05) is 24.4 Å². The highest BCUT2D eigenvalue weighted by Gasteiger charge is 2.32. The first-order chi connectivity index (χ1) is 15.2. The smallest absolute Gasteiger partial charge is 0.227 e. The third kappa shape index (κ3) is 5.25. The van der Waals surface area contributed by atoms with E-state index in [1.54, 1.807) is 12.1 Å². The predicted molar refractivity (Wildman–Crippen MR) is 126 cm³/mol. The van der Waals surface area contributed by atoms with E-state index in [4.69, 9.17) is 11.6 Å². The number of aliphatic hydroxyl groups is 1. The minimum atomic E-state index is -0.0852. The van der Waals surface area contributed by atoms with Crippen LogP contribution in [0.15, 0.2) is 60.8 Å². The van der Waals surface area contributed by atoms with E-state index in [9.17, 15) is 9.90 Å². The molecule has 5 heteroatoms. The molecule has 2 aromatic carbocycles. The van der Waals surface area contributed by atoms with E-state index in [0.29, 0.717) is 29.7 Å². The molecular weight excluding hydrogens is 408 g/mol. The number of hydrogen-bond acceptors (Lipinski definition) is 3. The number of rotatable bonds is 7. The molecule has 0 saturated heterocycles. The van der Waals surface area contributed by atoms with Gasteiger partial charge in [0.05, 0.1) is 5.52 Å². The van der Waals surface area contributed by atoms with Crippen LogP contribution in [0.1, 0.15) is 50.0 Å². The van der Waals surface area contributed by atoms with Crippen LogP contribution in [0.25, 0.3) is 10.9 Å². The Bertz CT molecular complexity index is 1010. The molecule has 1 unspecified atom stereocenters. The van der Waals surface area contributed by atoms with Crippen LogP contribution >= 0.6 is 11.6 Å². The van der Waals surface area contributed by atoms with Gasteiger partial charge in [-0.15, -0.1) is 0 Å². The molecule has 1 aromatic heterocycles. The fourth-order valence-corrected chi connectivity index (χ4v) is 5.09. The molecule has 0 aliphatic heterocycles. The molecular formula is C26H29ClN2O2. The molecule has 0 radical (unpaired) electrons. The first-order valence-electron chi connectivity index (χ1n) is 11.2. The SMILES string of the molecule is O=C(Nc1ccc(Cl)cc1)C(CCCO)[C@H]1CC[C@@H](c2ccnc3ccccc32)CC1. The van der Waals surface area contributed by atoms with Crippen molar-refractivity contribution in [2.75, 3.05) is 11.9 Å². The van der Waals surface area contributed by atoms with E-state index in [0.717, 1.165) is 36.9 Å². The number of carbonyl (C=O) groups is 1. The topological polar surface area (TPSA) is 62.2 Å². The molecule has 2 N–H and O–H groups in total. The fraction of sp³-hybridized carbons (Fsp3) is 0.385. The molecule has 1 saturated carbocycles. The number of fused-ring (bicyclic) bond motifs is 1. The molecule has 3 aromatic rings. The highest BCUT2D eigenvalue weighted by atomic mass is 35.5. The van der Waals surface area contributed by atoms with Gasteiger partial charge in [0, 0.05) is 34.8 Å². The first kappa shape index (κ1) is 21.8. The van der Waals surface area contributed by atoms with Crippen LogP contribution in [0.2, 0.25) is 5.02 Å². The van der Waals surface area contributed by atoms with Crippen LogP contribution in [0, 0.1) is 11.8 Å². The zero-order valence-corrected chi connectivity index (χ0v) is 18.4.